The van der Waals surface area contributed by atoms with E-state index in [0.717, 1.165) is 17.5 Å². The fraction of sp³-hybridized carbons (Fsp3) is 0.462. The lowest BCUT2D eigenvalue weighted by Crippen LogP contribution is -2.32. The highest BCUT2D eigenvalue weighted by atomic mass is 16.6. The van der Waals surface area contributed by atoms with E-state index in [-0.39, 0.29) is 24.9 Å². The molecule has 1 saturated heterocycles. The first-order valence-electron chi connectivity index (χ1n) is 6.54. The number of carbonyl (C=O) groups excluding carboxylic acids is 1. The molecule has 0 amide bonds. The maximum atomic E-state index is 12.0. The maximum absolute atomic E-state index is 12.0. The molecule has 1 aliphatic rings. The molecular weight excluding hydrogens is 262 g/mol. The SMILES string of the molecule is O=C(Cn1ncc2cccn2c1=O)OCC1CCCO1. The van der Waals surface area contributed by atoms with E-state index in [4.69, 9.17) is 9.47 Å². The topological polar surface area (TPSA) is 74.8 Å². The molecule has 20 heavy (non-hydrogen) atoms. The zero-order chi connectivity index (χ0) is 13.9. The summed E-state index contributed by atoms with van der Waals surface area (Å²) in [4.78, 5) is 23.7. The van der Waals surface area contributed by atoms with E-state index in [1.165, 1.54) is 10.6 Å². The average Bonchev–Trinajstić information content (AvgIpc) is 3.10. The van der Waals surface area contributed by atoms with Gasteiger partial charge in [-0.05, 0) is 25.0 Å². The van der Waals surface area contributed by atoms with Crippen molar-refractivity contribution in [3.63, 3.8) is 0 Å². The summed E-state index contributed by atoms with van der Waals surface area (Å²) in [7, 11) is 0. The first-order chi connectivity index (χ1) is 9.74. The molecule has 0 bridgehead atoms. The molecule has 106 valence electrons. The third-order valence-electron chi connectivity index (χ3n) is 3.27. The number of aromatic nitrogens is 3. The number of fused-ring (bicyclic) bond motifs is 1. The smallest absolute Gasteiger partial charge is 0.349 e. The number of ether oxygens (including phenoxy) is 2. The second-order valence-electron chi connectivity index (χ2n) is 4.71. The molecule has 3 rings (SSSR count). The quantitative estimate of drug-likeness (QED) is 0.747. The Labute approximate surface area is 114 Å². The number of hydrogen-bond acceptors (Lipinski definition) is 5. The van der Waals surface area contributed by atoms with Crippen LogP contribution in [-0.4, -0.2) is 39.5 Å². The summed E-state index contributed by atoms with van der Waals surface area (Å²) in [6, 6.07) is 3.52. The zero-order valence-electron chi connectivity index (χ0n) is 10.9. The van der Waals surface area contributed by atoms with Crippen LogP contribution in [0.4, 0.5) is 0 Å². The summed E-state index contributed by atoms with van der Waals surface area (Å²) in [6.07, 6.45) is 5.05. The number of nitrogens with zero attached hydrogens (tertiary/aromatic N) is 3. The number of hydrogen-bond donors (Lipinski definition) is 0. The standard InChI is InChI=1S/C13H15N3O4/c17-12(20-9-11-4-2-6-19-11)8-16-13(18)15-5-1-3-10(15)7-14-16/h1,3,5,7,11H,2,4,6,8-9H2. The molecule has 0 spiro atoms. The van der Waals surface area contributed by atoms with Crippen molar-refractivity contribution in [3.05, 3.63) is 35.0 Å². The summed E-state index contributed by atoms with van der Waals surface area (Å²) in [5.74, 6) is -0.485. The Morgan fingerprint density at radius 1 is 1.55 bits per heavy atom. The summed E-state index contributed by atoms with van der Waals surface area (Å²) in [6.45, 7) is 0.756. The van der Waals surface area contributed by atoms with Crippen LogP contribution >= 0.6 is 0 Å². The highest BCUT2D eigenvalue weighted by Crippen LogP contribution is 2.11. The molecule has 0 radical (unpaired) electrons. The molecule has 1 fully saturated rings. The summed E-state index contributed by atoms with van der Waals surface area (Å²) < 4.78 is 13.0. The van der Waals surface area contributed by atoms with E-state index in [1.807, 2.05) is 0 Å². The van der Waals surface area contributed by atoms with Crippen LogP contribution in [0.2, 0.25) is 0 Å². The molecule has 1 atom stereocenters. The van der Waals surface area contributed by atoms with Crippen molar-refractivity contribution in [2.24, 2.45) is 0 Å². The second-order valence-corrected chi connectivity index (χ2v) is 4.71. The van der Waals surface area contributed by atoms with Gasteiger partial charge in [-0.1, -0.05) is 0 Å². The molecule has 0 aromatic carbocycles. The summed E-state index contributed by atoms with van der Waals surface area (Å²) in [5, 5.41) is 3.95. The average molecular weight is 277 g/mol. The summed E-state index contributed by atoms with van der Waals surface area (Å²) in [5.41, 5.74) is 0.334. The number of esters is 1. The zero-order valence-corrected chi connectivity index (χ0v) is 10.9. The Bertz CT molecular complexity index is 670. The van der Waals surface area contributed by atoms with E-state index >= 15 is 0 Å². The van der Waals surface area contributed by atoms with Crippen molar-refractivity contribution in [3.8, 4) is 0 Å². The molecule has 2 aromatic rings. The van der Waals surface area contributed by atoms with Gasteiger partial charge in [0, 0.05) is 12.8 Å². The minimum Gasteiger partial charge on any atom is -0.462 e. The Balaban J connectivity index is 1.64. The highest BCUT2D eigenvalue weighted by molar-refractivity contribution is 5.69. The molecule has 0 aliphatic carbocycles. The first-order valence-corrected chi connectivity index (χ1v) is 6.54. The van der Waals surface area contributed by atoms with Crippen molar-refractivity contribution in [2.75, 3.05) is 13.2 Å². The van der Waals surface area contributed by atoms with Gasteiger partial charge in [0.25, 0.3) is 0 Å². The number of rotatable bonds is 4. The van der Waals surface area contributed by atoms with Crippen molar-refractivity contribution in [1.29, 1.82) is 0 Å². The fourth-order valence-corrected chi connectivity index (χ4v) is 2.21. The van der Waals surface area contributed by atoms with Crippen LogP contribution < -0.4 is 5.69 Å². The molecule has 7 nitrogen and oxygen atoms in total. The van der Waals surface area contributed by atoms with Crippen LogP contribution in [0, 0.1) is 0 Å². The van der Waals surface area contributed by atoms with Crippen LogP contribution in [-0.2, 0) is 20.8 Å². The van der Waals surface area contributed by atoms with Crippen LogP contribution in [0.15, 0.2) is 29.3 Å². The molecular formula is C13H15N3O4. The number of carbonyl (C=O) groups is 1. The van der Waals surface area contributed by atoms with Crippen LogP contribution in [0.3, 0.4) is 0 Å². The Morgan fingerprint density at radius 3 is 3.25 bits per heavy atom. The van der Waals surface area contributed by atoms with Crippen molar-refractivity contribution in [2.45, 2.75) is 25.5 Å². The largest absolute Gasteiger partial charge is 0.462 e. The van der Waals surface area contributed by atoms with Gasteiger partial charge in [0.2, 0.25) is 0 Å². The van der Waals surface area contributed by atoms with E-state index in [1.54, 1.807) is 18.3 Å². The minimum absolute atomic E-state index is 0.0180. The Kier molecular flexibility index (Phi) is 3.51. The monoisotopic (exact) mass is 277 g/mol. The Morgan fingerprint density at radius 2 is 2.45 bits per heavy atom. The van der Waals surface area contributed by atoms with Crippen LogP contribution in [0.5, 0.6) is 0 Å². The highest BCUT2D eigenvalue weighted by Gasteiger charge is 2.18. The normalized spacial score (nSPS) is 18.5. The molecule has 1 aliphatic heterocycles. The lowest BCUT2D eigenvalue weighted by molar-refractivity contribution is -0.147. The van der Waals surface area contributed by atoms with Gasteiger partial charge in [-0.3, -0.25) is 9.20 Å². The second kappa shape index (κ2) is 5.46. The third-order valence-corrected chi connectivity index (χ3v) is 3.27. The Hall–Kier alpha value is -2.15. The van der Waals surface area contributed by atoms with Gasteiger partial charge < -0.3 is 9.47 Å². The molecule has 0 saturated carbocycles. The molecule has 0 N–H and O–H groups in total. The molecule has 1 unspecified atom stereocenters. The van der Waals surface area contributed by atoms with Gasteiger partial charge in [-0.15, -0.1) is 0 Å². The maximum Gasteiger partial charge on any atom is 0.349 e. The van der Waals surface area contributed by atoms with Crippen molar-refractivity contribution < 1.29 is 14.3 Å². The van der Waals surface area contributed by atoms with Crippen LogP contribution in [0.25, 0.3) is 5.52 Å². The first kappa shape index (κ1) is 12.9. The van der Waals surface area contributed by atoms with Gasteiger partial charge in [-0.25, -0.2) is 9.48 Å². The lowest BCUT2D eigenvalue weighted by Gasteiger charge is -2.10. The van der Waals surface area contributed by atoms with E-state index < -0.39 is 5.97 Å². The van der Waals surface area contributed by atoms with E-state index in [9.17, 15) is 9.59 Å². The van der Waals surface area contributed by atoms with Crippen molar-refractivity contribution >= 4 is 11.5 Å². The molecule has 3 heterocycles. The minimum atomic E-state index is -0.485. The van der Waals surface area contributed by atoms with Crippen LogP contribution in [0.1, 0.15) is 12.8 Å². The molecule has 7 heteroatoms. The summed E-state index contributed by atoms with van der Waals surface area (Å²) >= 11 is 0. The van der Waals surface area contributed by atoms with Gasteiger partial charge in [-0.2, -0.15) is 5.10 Å². The predicted molar refractivity (Wildman–Crippen MR) is 69.4 cm³/mol. The van der Waals surface area contributed by atoms with Gasteiger partial charge in [0.1, 0.15) is 13.2 Å². The van der Waals surface area contributed by atoms with Gasteiger partial charge in [0.05, 0.1) is 17.8 Å². The molecule has 2 aromatic heterocycles. The van der Waals surface area contributed by atoms with E-state index in [2.05, 4.69) is 5.10 Å². The fourth-order valence-electron chi connectivity index (χ4n) is 2.21. The van der Waals surface area contributed by atoms with Crippen molar-refractivity contribution in [1.82, 2.24) is 14.2 Å². The van der Waals surface area contributed by atoms with Gasteiger partial charge in [0.15, 0.2) is 0 Å². The van der Waals surface area contributed by atoms with E-state index in [0.29, 0.717) is 12.1 Å². The predicted octanol–water partition coefficient (Wildman–Crippen LogP) is 0.218. The van der Waals surface area contributed by atoms with Gasteiger partial charge >= 0.3 is 11.7 Å². The third kappa shape index (κ3) is 2.57. The lowest BCUT2D eigenvalue weighted by atomic mass is 10.2.